The van der Waals surface area contributed by atoms with E-state index in [1.807, 2.05) is 26.8 Å². The molecule has 0 aromatic heterocycles. The van der Waals surface area contributed by atoms with E-state index in [2.05, 4.69) is 25.3 Å². The van der Waals surface area contributed by atoms with Crippen molar-refractivity contribution in [2.45, 2.75) is 52.4 Å². The smallest absolute Gasteiger partial charge is 0.780 e. The van der Waals surface area contributed by atoms with Gasteiger partial charge >= 0.3 is 59.1 Å². The van der Waals surface area contributed by atoms with Crippen LogP contribution in [0, 0.1) is 0 Å². The average molecular weight is 330 g/mol. The molecular formula is C14H21Na2O4P. The molecule has 7 heteroatoms. The van der Waals surface area contributed by atoms with E-state index in [-0.39, 0.29) is 75.7 Å². The second kappa shape index (κ2) is 8.32. The third-order valence-corrected chi connectivity index (χ3v) is 3.28. The Hall–Kier alpha value is 1.17. The van der Waals surface area contributed by atoms with E-state index in [1.165, 1.54) is 0 Å². The van der Waals surface area contributed by atoms with Crippen LogP contribution in [0.1, 0.15) is 52.7 Å². The largest absolute Gasteiger partial charge is 1.00 e. The van der Waals surface area contributed by atoms with Gasteiger partial charge in [-0.15, -0.1) is 0 Å². The Morgan fingerprint density at radius 1 is 0.952 bits per heavy atom. The minimum Gasteiger partial charge on any atom is -0.780 e. The first-order valence-corrected chi connectivity index (χ1v) is 7.63. The fraction of sp³-hybridized carbons (Fsp3) is 0.571. The van der Waals surface area contributed by atoms with Crippen molar-refractivity contribution in [2.24, 2.45) is 0 Å². The molecule has 0 fully saturated rings. The molecule has 0 atom stereocenters. The Bertz CT molecular complexity index is 513. The summed E-state index contributed by atoms with van der Waals surface area (Å²) in [4.78, 5) is 21.6. The molecule has 0 unspecified atom stereocenters. The molecule has 1 aromatic carbocycles. The molecule has 0 aliphatic carbocycles. The molecule has 0 saturated heterocycles. The first-order valence-electron chi connectivity index (χ1n) is 6.17. The van der Waals surface area contributed by atoms with Crippen molar-refractivity contribution in [1.29, 1.82) is 0 Å². The zero-order valence-electron chi connectivity index (χ0n) is 14.3. The van der Waals surface area contributed by atoms with Crippen molar-refractivity contribution < 1.29 is 78.0 Å². The van der Waals surface area contributed by atoms with Gasteiger partial charge in [-0.25, -0.2) is 0 Å². The van der Waals surface area contributed by atoms with Crippen molar-refractivity contribution in [3.05, 3.63) is 29.3 Å². The second-order valence-corrected chi connectivity index (χ2v) is 7.83. The van der Waals surface area contributed by atoms with Gasteiger partial charge in [0.1, 0.15) is 13.6 Å². The van der Waals surface area contributed by atoms with Gasteiger partial charge in [-0.3, -0.25) is 0 Å². The average Bonchev–Trinajstić information content (AvgIpc) is 2.11. The molecule has 0 aliphatic heterocycles. The Labute approximate surface area is 171 Å². The monoisotopic (exact) mass is 330 g/mol. The van der Waals surface area contributed by atoms with Crippen LogP contribution in [0.3, 0.4) is 0 Å². The SMILES string of the molecule is CC(C)(C)c1ccc(OP(=O)([O-])[O-])c(C(C)(C)C)c1.[Na+].[Na+]. The van der Waals surface area contributed by atoms with Crippen LogP contribution < -0.4 is 73.4 Å². The minimum atomic E-state index is -5.04. The Morgan fingerprint density at radius 3 is 1.76 bits per heavy atom. The van der Waals surface area contributed by atoms with E-state index < -0.39 is 7.82 Å². The Morgan fingerprint density at radius 2 is 1.43 bits per heavy atom. The van der Waals surface area contributed by atoms with Crippen molar-refractivity contribution in [3.63, 3.8) is 0 Å². The summed E-state index contributed by atoms with van der Waals surface area (Å²) in [6, 6.07) is 5.26. The summed E-state index contributed by atoms with van der Waals surface area (Å²) >= 11 is 0. The van der Waals surface area contributed by atoms with Crippen molar-refractivity contribution in [3.8, 4) is 5.75 Å². The standard InChI is InChI=1S/C14H23O4P.2Na/c1-13(2,3)10-7-8-12(18-19(15,16)17)11(9-10)14(4,5)6;;/h7-9H,1-6H3,(H2,15,16,17);;/q;2*+1/p-2. The molecule has 0 saturated carbocycles. The topological polar surface area (TPSA) is 72.4 Å². The molecule has 0 aliphatic rings. The quantitative estimate of drug-likeness (QED) is 0.417. The fourth-order valence-corrected chi connectivity index (χ4v) is 2.18. The van der Waals surface area contributed by atoms with Gasteiger partial charge in [0.25, 0.3) is 0 Å². The summed E-state index contributed by atoms with van der Waals surface area (Å²) in [6.45, 7) is 12.1. The molecule has 4 nitrogen and oxygen atoms in total. The number of phosphoric ester groups is 1. The first kappa shape index (κ1) is 24.4. The number of rotatable bonds is 2. The fourth-order valence-electron chi connectivity index (χ4n) is 1.78. The van der Waals surface area contributed by atoms with Crippen LogP contribution in [-0.2, 0) is 15.4 Å². The number of hydrogen-bond donors (Lipinski definition) is 0. The molecule has 0 heterocycles. The molecule has 0 spiro atoms. The van der Waals surface area contributed by atoms with Gasteiger partial charge in [0.2, 0.25) is 0 Å². The maximum atomic E-state index is 10.8. The van der Waals surface area contributed by atoms with E-state index in [9.17, 15) is 14.4 Å². The van der Waals surface area contributed by atoms with E-state index in [4.69, 9.17) is 0 Å². The van der Waals surface area contributed by atoms with Crippen LogP contribution in [0.2, 0.25) is 0 Å². The predicted octanol–water partition coefficient (Wildman–Crippen LogP) is -3.50. The molecule has 21 heavy (non-hydrogen) atoms. The molecule has 1 rings (SSSR count). The van der Waals surface area contributed by atoms with Gasteiger partial charge in [-0.05, 0) is 22.5 Å². The zero-order valence-corrected chi connectivity index (χ0v) is 19.2. The van der Waals surface area contributed by atoms with Gasteiger partial charge in [0, 0.05) is 5.56 Å². The minimum absolute atomic E-state index is 0. The summed E-state index contributed by atoms with van der Waals surface area (Å²) in [5, 5.41) is 0. The van der Waals surface area contributed by atoms with E-state index in [1.54, 1.807) is 12.1 Å². The summed E-state index contributed by atoms with van der Waals surface area (Å²) < 4.78 is 15.4. The second-order valence-electron chi connectivity index (χ2n) is 6.75. The summed E-state index contributed by atoms with van der Waals surface area (Å²) in [6.07, 6.45) is 0. The predicted molar refractivity (Wildman–Crippen MR) is 72.1 cm³/mol. The third kappa shape index (κ3) is 8.01. The van der Waals surface area contributed by atoms with E-state index in [0.29, 0.717) is 5.56 Å². The van der Waals surface area contributed by atoms with Crippen LogP contribution in [-0.4, -0.2) is 0 Å². The van der Waals surface area contributed by atoms with Crippen LogP contribution >= 0.6 is 7.82 Å². The van der Waals surface area contributed by atoms with Gasteiger partial charge in [-0.1, -0.05) is 53.7 Å². The van der Waals surface area contributed by atoms with Crippen LogP contribution in [0.4, 0.5) is 0 Å². The van der Waals surface area contributed by atoms with Crippen molar-refractivity contribution in [1.82, 2.24) is 0 Å². The Balaban J connectivity index is 0. The van der Waals surface area contributed by atoms with Crippen molar-refractivity contribution >= 4 is 7.82 Å². The van der Waals surface area contributed by atoms with E-state index >= 15 is 0 Å². The van der Waals surface area contributed by atoms with Gasteiger partial charge in [0.15, 0.2) is 0 Å². The normalized spacial score (nSPS) is 12.2. The summed E-state index contributed by atoms with van der Waals surface area (Å²) in [5.74, 6) is 0.119. The van der Waals surface area contributed by atoms with Crippen LogP contribution in [0.5, 0.6) is 5.75 Å². The maximum absolute atomic E-state index is 10.8. The Kier molecular flexibility index (Phi) is 9.68. The zero-order chi connectivity index (χ0) is 15.1. The third-order valence-electron chi connectivity index (χ3n) is 2.86. The molecular weight excluding hydrogens is 309 g/mol. The summed E-state index contributed by atoms with van der Waals surface area (Å²) in [7, 11) is -5.04. The molecule has 0 N–H and O–H groups in total. The first-order chi connectivity index (χ1) is 8.31. The maximum Gasteiger partial charge on any atom is 1.00 e. The molecule has 0 amide bonds. The number of hydrogen-bond acceptors (Lipinski definition) is 4. The van der Waals surface area contributed by atoms with Crippen LogP contribution in [0.25, 0.3) is 0 Å². The molecule has 0 bridgehead atoms. The molecule has 1 aromatic rings. The molecule has 108 valence electrons. The molecule has 0 radical (unpaired) electrons. The van der Waals surface area contributed by atoms with E-state index in [0.717, 1.165) is 5.56 Å². The van der Waals surface area contributed by atoms with Gasteiger partial charge < -0.3 is 18.9 Å². The summed E-state index contributed by atoms with van der Waals surface area (Å²) in [5.41, 5.74) is 1.41. The van der Waals surface area contributed by atoms with Gasteiger partial charge in [0.05, 0.1) is 0 Å². The van der Waals surface area contributed by atoms with Crippen LogP contribution in [0.15, 0.2) is 18.2 Å². The van der Waals surface area contributed by atoms with Gasteiger partial charge in [-0.2, -0.15) is 0 Å². The number of benzene rings is 1. The number of phosphoric acid groups is 1. The van der Waals surface area contributed by atoms with Crippen molar-refractivity contribution in [2.75, 3.05) is 0 Å².